The molecule has 0 bridgehead atoms. The second-order valence-electron chi connectivity index (χ2n) is 5.64. The van der Waals surface area contributed by atoms with Gasteiger partial charge in [-0.2, -0.15) is 4.52 Å². The maximum absolute atomic E-state index is 12.3. The van der Waals surface area contributed by atoms with Crippen LogP contribution in [0, 0.1) is 0 Å². The van der Waals surface area contributed by atoms with Crippen LogP contribution in [0.25, 0.3) is 27.3 Å². The van der Waals surface area contributed by atoms with Crippen molar-refractivity contribution in [3.63, 3.8) is 0 Å². The number of hydrogen-bond acceptors (Lipinski definition) is 4. The van der Waals surface area contributed by atoms with E-state index in [0.717, 1.165) is 33.1 Å². The lowest BCUT2D eigenvalue weighted by Crippen LogP contribution is -2.17. The number of hydrogen-bond donors (Lipinski definition) is 1. The number of nitrogens with one attached hydrogen (secondary N) is 1. The van der Waals surface area contributed by atoms with Gasteiger partial charge in [0.1, 0.15) is 4.83 Å². The summed E-state index contributed by atoms with van der Waals surface area (Å²) in [6, 6.07) is 7.78. The summed E-state index contributed by atoms with van der Waals surface area (Å²) in [6.07, 6.45) is 3.32. The smallest absolute Gasteiger partial charge is 0.297 e. The Hall–Kier alpha value is -1.99. The molecule has 0 unspecified atom stereocenters. The topological polar surface area (TPSA) is 63.0 Å². The first-order valence-electron chi connectivity index (χ1n) is 7.40. The second kappa shape index (κ2) is 4.75. The van der Waals surface area contributed by atoms with Crippen molar-refractivity contribution in [2.75, 3.05) is 0 Å². The summed E-state index contributed by atoms with van der Waals surface area (Å²) >= 11 is 5.21. The van der Waals surface area contributed by atoms with Gasteiger partial charge in [-0.15, -0.1) is 16.4 Å². The molecule has 114 valence electrons. The molecule has 3 aromatic heterocycles. The standard InChI is InChI=1S/C16H11BrN4OS/c17-10-6-2-1-4-8(10)13-18-14-12-9-5-3-7-11(9)23-15(12)19-16(22)21(14)20-13/h1-2,4,6H,3,5,7H2,(H,19,22). The molecule has 5 nitrogen and oxygen atoms in total. The van der Waals surface area contributed by atoms with Gasteiger partial charge >= 0.3 is 5.69 Å². The Labute approximate surface area is 143 Å². The first-order chi connectivity index (χ1) is 11.2. The van der Waals surface area contributed by atoms with Gasteiger partial charge in [0.15, 0.2) is 11.5 Å². The molecular formula is C16H11BrN4OS. The third-order valence-corrected chi connectivity index (χ3v) is 6.18. The maximum Gasteiger partial charge on any atom is 0.349 e. The van der Waals surface area contributed by atoms with Crippen LogP contribution in [0.3, 0.4) is 0 Å². The average Bonchev–Trinajstić information content (AvgIpc) is 3.20. The predicted molar refractivity (Wildman–Crippen MR) is 94.2 cm³/mol. The van der Waals surface area contributed by atoms with Crippen LogP contribution < -0.4 is 5.69 Å². The molecule has 0 radical (unpaired) electrons. The normalized spacial score (nSPS) is 14.0. The van der Waals surface area contributed by atoms with Crippen molar-refractivity contribution in [3.05, 3.63) is 49.7 Å². The third-order valence-electron chi connectivity index (χ3n) is 4.28. The van der Waals surface area contributed by atoms with E-state index in [-0.39, 0.29) is 5.69 Å². The Morgan fingerprint density at radius 3 is 3.00 bits per heavy atom. The number of halogens is 1. The molecule has 0 saturated heterocycles. The largest absolute Gasteiger partial charge is 0.349 e. The number of aromatic nitrogens is 4. The fourth-order valence-corrected chi connectivity index (χ4v) is 4.99. The molecule has 0 atom stereocenters. The maximum atomic E-state index is 12.3. The first kappa shape index (κ1) is 13.4. The summed E-state index contributed by atoms with van der Waals surface area (Å²) in [5.74, 6) is 0.563. The Morgan fingerprint density at radius 1 is 1.26 bits per heavy atom. The number of thiophene rings is 1. The van der Waals surface area contributed by atoms with E-state index in [2.05, 4.69) is 26.0 Å². The number of aromatic amines is 1. The summed E-state index contributed by atoms with van der Waals surface area (Å²) in [7, 11) is 0. The molecular weight excluding hydrogens is 376 g/mol. The van der Waals surface area contributed by atoms with Gasteiger partial charge < -0.3 is 0 Å². The van der Waals surface area contributed by atoms with E-state index < -0.39 is 0 Å². The summed E-state index contributed by atoms with van der Waals surface area (Å²) < 4.78 is 2.31. The van der Waals surface area contributed by atoms with Crippen molar-refractivity contribution >= 4 is 43.1 Å². The van der Waals surface area contributed by atoms with Crippen molar-refractivity contribution < 1.29 is 0 Å². The zero-order chi connectivity index (χ0) is 15.6. The molecule has 1 aliphatic rings. The van der Waals surface area contributed by atoms with Crippen LogP contribution in [0.1, 0.15) is 16.9 Å². The Morgan fingerprint density at radius 2 is 2.13 bits per heavy atom. The number of aryl methyl sites for hydroxylation is 2. The predicted octanol–water partition coefficient (Wildman–Crippen LogP) is 3.55. The minimum Gasteiger partial charge on any atom is -0.297 e. The minimum absolute atomic E-state index is 0.238. The minimum atomic E-state index is -0.238. The van der Waals surface area contributed by atoms with E-state index in [1.807, 2.05) is 24.3 Å². The molecule has 0 spiro atoms. The van der Waals surface area contributed by atoms with E-state index in [9.17, 15) is 4.79 Å². The molecule has 0 aliphatic heterocycles. The van der Waals surface area contributed by atoms with E-state index in [1.54, 1.807) is 11.3 Å². The van der Waals surface area contributed by atoms with Crippen LogP contribution in [0.4, 0.5) is 0 Å². The molecule has 23 heavy (non-hydrogen) atoms. The summed E-state index contributed by atoms with van der Waals surface area (Å²) in [4.78, 5) is 22.3. The van der Waals surface area contributed by atoms with Crippen molar-refractivity contribution in [3.8, 4) is 11.4 Å². The number of rotatable bonds is 1. The van der Waals surface area contributed by atoms with Crippen LogP contribution in [0.5, 0.6) is 0 Å². The van der Waals surface area contributed by atoms with Crippen molar-refractivity contribution in [1.82, 2.24) is 19.6 Å². The average molecular weight is 387 g/mol. The summed E-state index contributed by atoms with van der Waals surface area (Å²) in [5.41, 5.74) is 2.64. The number of benzene rings is 1. The van der Waals surface area contributed by atoms with Crippen LogP contribution in [-0.4, -0.2) is 19.6 Å². The molecule has 0 amide bonds. The fraction of sp³-hybridized carbons (Fsp3) is 0.188. The van der Waals surface area contributed by atoms with Gasteiger partial charge in [0.25, 0.3) is 0 Å². The lowest BCUT2D eigenvalue weighted by atomic mass is 10.2. The van der Waals surface area contributed by atoms with Gasteiger partial charge in [0.05, 0.1) is 5.39 Å². The van der Waals surface area contributed by atoms with Crippen LogP contribution in [0.15, 0.2) is 33.5 Å². The zero-order valence-electron chi connectivity index (χ0n) is 12.0. The molecule has 5 rings (SSSR count). The molecule has 3 heterocycles. The lowest BCUT2D eigenvalue weighted by Gasteiger charge is -1.96. The van der Waals surface area contributed by atoms with Gasteiger partial charge in [-0.25, -0.2) is 9.78 Å². The molecule has 0 fully saturated rings. The van der Waals surface area contributed by atoms with Gasteiger partial charge in [-0.05, 0) is 37.0 Å². The first-order valence-corrected chi connectivity index (χ1v) is 9.01. The van der Waals surface area contributed by atoms with Crippen molar-refractivity contribution in [1.29, 1.82) is 0 Å². The molecule has 0 saturated carbocycles. The monoisotopic (exact) mass is 386 g/mol. The number of fused-ring (bicyclic) bond motifs is 5. The summed E-state index contributed by atoms with van der Waals surface area (Å²) in [6.45, 7) is 0. The molecule has 4 aromatic rings. The van der Waals surface area contributed by atoms with Crippen LogP contribution in [0.2, 0.25) is 0 Å². The van der Waals surface area contributed by atoms with E-state index in [4.69, 9.17) is 4.98 Å². The fourth-order valence-electron chi connectivity index (χ4n) is 3.25. The van der Waals surface area contributed by atoms with Gasteiger partial charge in [-0.1, -0.05) is 28.1 Å². The Balaban J connectivity index is 1.89. The Bertz CT molecular complexity index is 1140. The third kappa shape index (κ3) is 1.86. The quantitative estimate of drug-likeness (QED) is 0.543. The van der Waals surface area contributed by atoms with Gasteiger partial charge in [-0.3, -0.25) is 4.98 Å². The highest BCUT2D eigenvalue weighted by atomic mass is 79.9. The molecule has 1 aliphatic carbocycles. The second-order valence-corrected chi connectivity index (χ2v) is 7.60. The SMILES string of the molecule is O=c1[nH]c2sc3c(c2c2nc(-c4ccccc4Br)nn12)CCC3. The van der Waals surface area contributed by atoms with Crippen LogP contribution in [-0.2, 0) is 12.8 Å². The molecule has 7 heteroatoms. The van der Waals surface area contributed by atoms with E-state index >= 15 is 0 Å². The highest BCUT2D eigenvalue weighted by Gasteiger charge is 2.23. The van der Waals surface area contributed by atoms with E-state index in [0.29, 0.717) is 11.5 Å². The van der Waals surface area contributed by atoms with E-state index in [1.165, 1.54) is 21.4 Å². The summed E-state index contributed by atoms with van der Waals surface area (Å²) in [5, 5.41) is 5.50. The highest BCUT2D eigenvalue weighted by Crippen LogP contribution is 2.38. The van der Waals surface area contributed by atoms with Gasteiger partial charge in [0, 0.05) is 14.9 Å². The van der Waals surface area contributed by atoms with Gasteiger partial charge in [0.2, 0.25) is 0 Å². The highest BCUT2D eigenvalue weighted by molar-refractivity contribution is 9.10. The zero-order valence-corrected chi connectivity index (χ0v) is 14.4. The molecule has 1 aromatic carbocycles. The van der Waals surface area contributed by atoms with Crippen molar-refractivity contribution in [2.45, 2.75) is 19.3 Å². The number of nitrogens with zero attached hydrogens (tertiary/aromatic N) is 3. The number of H-pyrrole nitrogens is 1. The lowest BCUT2D eigenvalue weighted by molar-refractivity contribution is 0.884. The van der Waals surface area contributed by atoms with Crippen molar-refractivity contribution in [2.24, 2.45) is 0 Å². The molecule has 1 N–H and O–H groups in total. The Kier molecular flexibility index (Phi) is 2.78. The van der Waals surface area contributed by atoms with Crippen LogP contribution >= 0.6 is 27.3 Å².